The fraction of sp³-hybridized carbons (Fsp3) is 0.115. The van der Waals surface area contributed by atoms with Gasteiger partial charge in [0.15, 0.2) is 0 Å². The smallest absolute Gasteiger partial charge is 0.0726 e. The van der Waals surface area contributed by atoms with E-state index in [2.05, 4.69) is 233 Å². The normalized spacial score (nSPS) is 15.5. The van der Waals surface area contributed by atoms with Crippen molar-refractivity contribution in [2.45, 2.75) is 43.9 Å². The van der Waals surface area contributed by atoms with Crippen molar-refractivity contribution in [2.24, 2.45) is 0 Å². The van der Waals surface area contributed by atoms with Gasteiger partial charge < -0.3 is 4.90 Å². The van der Waals surface area contributed by atoms with Crippen molar-refractivity contribution in [1.82, 2.24) is 0 Å². The highest BCUT2D eigenvalue weighted by Gasteiger charge is 2.52. The van der Waals surface area contributed by atoms with E-state index in [9.17, 15) is 0 Å². The first-order chi connectivity index (χ1) is 30.3. The van der Waals surface area contributed by atoms with Crippen LogP contribution in [0.5, 0.6) is 0 Å². The number of nitrogens with zero attached hydrogens (tertiary/aromatic N) is 1. The quantitative estimate of drug-likeness (QED) is 0.172. The summed E-state index contributed by atoms with van der Waals surface area (Å²) in [4.78, 5) is 2.64. The van der Waals surface area contributed by atoms with Crippen molar-refractivity contribution in [3.63, 3.8) is 0 Å². The fourth-order valence-electron chi connectivity index (χ4n) is 12.4. The predicted octanol–water partition coefficient (Wildman–Crippen LogP) is 15.8. The van der Waals surface area contributed by atoms with Gasteiger partial charge in [-0.25, -0.2) is 0 Å². The van der Waals surface area contributed by atoms with Gasteiger partial charge in [0.2, 0.25) is 0 Å². The van der Waals surface area contributed by atoms with E-state index >= 15 is 0 Å². The van der Waals surface area contributed by atoms with Crippen LogP contribution in [0.15, 0.2) is 200 Å². The first kappa shape index (κ1) is 35.5. The molecule has 13 rings (SSSR count). The summed E-state index contributed by atoms with van der Waals surface area (Å²) in [6, 6.07) is 75.9. The summed E-state index contributed by atoms with van der Waals surface area (Å²) in [5, 5.41) is 0. The van der Waals surface area contributed by atoms with E-state index < -0.39 is 5.41 Å². The number of fused-ring (bicyclic) bond motifs is 16. The lowest BCUT2D eigenvalue weighted by molar-refractivity contribution is 0.660. The molecule has 9 aromatic carbocycles. The lowest BCUT2D eigenvalue weighted by atomic mass is 9.70. The van der Waals surface area contributed by atoms with Crippen molar-refractivity contribution in [2.75, 3.05) is 4.90 Å². The summed E-state index contributed by atoms with van der Waals surface area (Å²) < 4.78 is 0. The van der Waals surface area contributed by atoms with Crippen LogP contribution in [0.25, 0.3) is 55.6 Å². The third-order valence-corrected chi connectivity index (χ3v) is 15.1. The third-order valence-electron chi connectivity index (χ3n) is 15.1. The molecular formula is C61H45N. The summed E-state index contributed by atoms with van der Waals surface area (Å²) in [6.07, 6.45) is 0. The maximum absolute atomic E-state index is 2.64. The van der Waals surface area contributed by atoms with Gasteiger partial charge in [-0.3, -0.25) is 0 Å². The van der Waals surface area contributed by atoms with Crippen molar-refractivity contribution in [3.8, 4) is 55.6 Å². The van der Waals surface area contributed by atoms with Crippen molar-refractivity contribution >= 4 is 17.1 Å². The minimum absolute atomic E-state index is 0.156. The Morgan fingerprint density at radius 3 is 1.27 bits per heavy atom. The number of hydrogen-bond acceptors (Lipinski definition) is 1. The Labute approximate surface area is 364 Å². The van der Waals surface area contributed by atoms with Gasteiger partial charge in [-0.2, -0.15) is 0 Å². The minimum atomic E-state index is -0.454. The number of hydrogen-bond donors (Lipinski definition) is 0. The van der Waals surface area contributed by atoms with Crippen LogP contribution in [0, 0.1) is 0 Å². The molecule has 0 saturated carbocycles. The second kappa shape index (κ2) is 12.4. The molecule has 0 amide bonds. The molecule has 0 radical (unpaired) electrons. The van der Waals surface area contributed by atoms with E-state index in [1.54, 1.807) is 0 Å². The van der Waals surface area contributed by atoms with Crippen LogP contribution in [-0.4, -0.2) is 0 Å². The fourth-order valence-corrected chi connectivity index (χ4v) is 12.4. The average molecular weight is 792 g/mol. The van der Waals surface area contributed by atoms with E-state index in [1.165, 1.54) is 112 Å². The lowest BCUT2D eigenvalue weighted by Crippen LogP contribution is -2.26. The van der Waals surface area contributed by atoms with Crippen molar-refractivity contribution in [1.29, 1.82) is 0 Å². The zero-order valence-electron chi connectivity index (χ0n) is 35.5. The second-order valence-electron chi connectivity index (χ2n) is 18.7. The van der Waals surface area contributed by atoms with Gasteiger partial charge in [-0.05, 0) is 113 Å². The first-order valence-corrected chi connectivity index (χ1v) is 22.1. The Morgan fingerprint density at radius 1 is 0.290 bits per heavy atom. The van der Waals surface area contributed by atoms with E-state index in [0.29, 0.717) is 0 Å². The molecule has 0 aromatic heterocycles. The second-order valence-corrected chi connectivity index (χ2v) is 18.7. The summed E-state index contributed by atoms with van der Waals surface area (Å²) in [7, 11) is 0. The van der Waals surface area contributed by atoms with Crippen molar-refractivity contribution < 1.29 is 0 Å². The SMILES string of the molecule is CC1(C)c2ccccc2-c2c(-c3ccccc3)cc(N(c3cccc4c3-c3ccccc3C4(C)C)c3cccc4c3-c3ccccc3C43c4ccccc4-c4ccccc43)cc21. The summed E-state index contributed by atoms with van der Waals surface area (Å²) in [6.45, 7) is 9.61. The van der Waals surface area contributed by atoms with Gasteiger partial charge in [0.1, 0.15) is 0 Å². The number of benzene rings is 9. The molecule has 1 nitrogen and oxygen atoms in total. The van der Waals surface area contributed by atoms with Crippen LogP contribution in [0.3, 0.4) is 0 Å². The topological polar surface area (TPSA) is 3.24 Å². The molecule has 0 atom stereocenters. The molecule has 4 aliphatic carbocycles. The van der Waals surface area contributed by atoms with E-state index in [-0.39, 0.29) is 10.8 Å². The van der Waals surface area contributed by atoms with Crippen LogP contribution in [-0.2, 0) is 16.2 Å². The molecule has 4 aliphatic rings. The predicted molar refractivity (Wildman–Crippen MR) is 258 cm³/mol. The number of anilines is 3. The van der Waals surface area contributed by atoms with Gasteiger partial charge in [0.05, 0.1) is 16.8 Å². The molecule has 0 unspecified atom stereocenters. The molecule has 1 spiro atoms. The van der Waals surface area contributed by atoms with Gasteiger partial charge in [0.25, 0.3) is 0 Å². The molecule has 62 heavy (non-hydrogen) atoms. The maximum atomic E-state index is 2.64. The Morgan fingerprint density at radius 2 is 0.694 bits per heavy atom. The zero-order chi connectivity index (χ0) is 41.5. The zero-order valence-corrected chi connectivity index (χ0v) is 35.5. The maximum Gasteiger partial charge on any atom is 0.0726 e. The first-order valence-electron chi connectivity index (χ1n) is 22.1. The Kier molecular flexibility index (Phi) is 7.12. The van der Waals surface area contributed by atoms with Gasteiger partial charge >= 0.3 is 0 Å². The van der Waals surface area contributed by atoms with Crippen LogP contribution >= 0.6 is 0 Å². The lowest BCUT2D eigenvalue weighted by Gasteiger charge is -2.33. The van der Waals surface area contributed by atoms with Crippen LogP contribution < -0.4 is 4.90 Å². The molecule has 294 valence electrons. The van der Waals surface area contributed by atoms with Gasteiger partial charge in [-0.1, -0.05) is 204 Å². The monoisotopic (exact) mass is 791 g/mol. The average Bonchev–Trinajstić information content (AvgIpc) is 3.95. The minimum Gasteiger partial charge on any atom is -0.309 e. The number of rotatable bonds is 4. The molecule has 0 fully saturated rings. The highest BCUT2D eigenvalue weighted by molar-refractivity contribution is 6.05. The molecule has 0 N–H and O–H groups in total. The van der Waals surface area contributed by atoms with Gasteiger partial charge in [0, 0.05) is 27.6 Å². The molecular weight excluding hydrogens is 747 g/mol. The standard InChI is InChI=1S/C61H45N/c1-59(2)47-28-14-11-25-43(47)57-51(59)32-18-34-54(57)62(39-36-45(38-20-6-5-7-21-38)56-42-24-10-13-27-46(42)60(3,4)53(56)37-39)55-35-19-33-52-58(55)44-26-12-17-31-50(44)61(52)48-29-15-8-22-40(48)41-23-9-16-30-49(41)61/h5-37H,1-4H3. The molecule has 0 aliphatic heterocycles. The molecule has 0 heterocycles. The van der Waals surface area contributed by atoms with E-state index in [4.69, 9.17) is 0 Å². The molecule has 9 aromatic rings. The van der Waals surface area contributed by atoms with E-state index in [1.807, 2.05) is 0 Å². The van der Waals surface area contributed by atoms with Gasteiger partial charge in [-0.15, -0.1) is 0 Å². The molecule has 0 saturated heterocycles. The summed E-state index contributed by atoms with van der Waals surface area (Å²) in [5.74, 6) is 0. The molecule has 1 heteroatoms. The van der Waals surface area contributed by atoms with E-state index in [0.717, 1.165) is 5.69 Å². The Bertz CT molecular complexity index is 3320. The summed E-state index contributed by atoms with van der Waals surface area (Å²) >= 11 is 0. The Balaban J connectivity index is 1.17. The highest BCUT2D eigenvalue weighted by atomic mass is 15.2. The van der Waals surface area contributed by atoms with Crippen molar-refractivity contribution in [3.05, 3.63) is 245 Å². The largest absolute Gasteiger partial charge is 0.309 e. The van der Waals surface area contributed by atoms with Crippen LogP contribution in [0.2, 0.25) is 0 Å². The highest BCUT2D eigenvalue weighted by Crippen LogP contribution is 2.66. The third kappa shape index (κ3) is 4.38. The van der Waals surface area contributed by atoms with Crippen LogP contribution in [0.1, 0.15) is 72.2 Å². The Hall–Kier alpha value is -7.22. The summed E-state index contributed by atoms with van der Waals surface area (Å²) in [5.41, 5.74) is 26.6. The van der Waals surface area contributed by atoms with Crippen LogP contribution in [0.4, 0.5) is 17.1 Å². The molecule has 0 bridgehead atoms.